The Kier molecular flexibility index (Phi) is 10.8. The third-order valence-corrected chi connectivity index (χ3v) is 16.6. The Morgan fingerprint density at radius 2 is 0.986 bits per heavy atom. The lowest BCUT2D eigenvalue weighted by molar-refractivity contribution is 0.590. The van der Waals surface area contributed by atoms with Crippen molar-refractivity contribution in [2.45, 2.75) is 59.3 Å². The van der Waals surface area contributed by atoms with E-state index in [4.69, 9.17) is 0 Å². The molecule has 2 aliphatic heterocycles. The fourth-order valence-electron chi connectivity index (χ4n) is 11.7. The highest BCUT2D eigenvalue weighted by molar-refractivity contribution is 7.26. The zero-order valence-corrected chi connectivity index (χ0v) is 44.0. The standard InChI is InChI=1S/C69H58BN3S/c1-45-18-14-16-24-59(45)72-61-42-49(47-21-12-9-13-22-47)28-40-58(61)70-67-62(72)44-64-65(56-23-15-17-25-63(56)74-64)66(67)57-43-55(39-41-60(57)73(70)54-33-26-48(27-34-54)46-19-10-8-11-20-46)71(52-35-29-50(30-36-52)68(2,3)4)53-37-31-51(32-38-53)69(5,6)7/h8-44H,1-7H3. The zero-order valence-electron chi connectivity index (χ0n) is 43.2. The Morgan fingerprint density at radius 3 is 1.62 bits per heavy atom. The number of benzene rings is 10. The van der Waals surface area contributed by atoms with Gasteiger partial charge in [-0.2, -0.15) is 0 Å². The van der Waals surface area contributed by atoms with Gasteiger partial charge in [0.2, 0.25) is 0 Å². The monoisotopic (exact) mass is 971 g/mol. The number of hydrogen-bond acceptors (Lipinski definition) is 4. The summed E-state index contributed by atoms with van der Waals surface area (Å²) >= 11 is 1.90. The number of thiophene rings is 1. The van der Waals surface area contributed by atoms with Gasteiger partial charge in [0.05, 0.1) is 0 Å². The van der Waals surface area contributed by atoms with Crippen molar-refractivity contribution >= 4 is 94.8 Å². The molecule has 0 bridgehead atoms. The quantitative estimate of drug-likeness (QED) is 0.147. The first kappa shape index (κ1) is 45.7. The first-order chi connectivity index (χ1) is 35.9. The fraction of sp³-hybridized carbons (Fsp3) is 0.130. The number of nitrogens with zero attached hydrogens (tertiary/aromatic N) is 3. The van der Waals surface area contributed by atoms with Gasteiger partial charge in [-0.3, -0.25) is 0 Å². The first-order valence-electron chi connectivity index (χ1n) is 26.0. The molecule has 0 N–H and O–H groups in total. The van der Waals surface area contributed by atoms with E-state index in [2.05, 4.69) is 288 Å². The van der Waals surface area contributed by atoms with Crippen molar-refractivity contribution in [3.8, 4) is 33.4 Å². The van der Waals surface area contributed by atoms with Crippen LogP contribution in [0.25, 0.3) is 53.6 Å². The van der Waals surface area contributed by atoms with Crippen molar-refractivity contribution in [1.82, 2.24) is 0 Å². The third-order valence-electron chi connectivity index (χ3n) is 15.5. The number of rotatable bonds is 7. The molecule has 74 heavy (non-hydrogen) atoms. The summed E-state index contributed by atoms with van der Waals surface area (Å²) in [5, 5.41) is 2.61. The topological polar surface area (TPSA) is 9.72 Å². The van der Waals surface area contributed by atoms with Crippen LogP contribution in [0.15, 0.2) is 224 Å². The molecule has 0 spiro atoms. The summed E-state index contributed by atoms with van der Waals surface area (Å²) in [5.74, 6) is 0. The molecule has 3 nitrogen and oxygen atoms in total. The van der Waals surface area contributed by atoms with Crippen LogP contribution >= 0.6 is 11.3 Å². The highest BCUT2D eigenvalue weighted by Crippen LogP contribution is 2.54. The average molecular weight is 972 g/mol. The van der Waals surface area contributed by atoms with Crippen LogP contribution in [-0.4, -0.2) is 6.85 Å². The molecule has 358 valence electrons. The normalized spacial score (nSPS) is 13.0. The van der Waals surface area contributed by atoms with Crippen LogP contribution in [0.3, 0.4) is 0 Å². The lowest BCUT2D eigenvalue weighted by Crippen LogP contribution is -2.61. The summed E-state index contributed by atoms with van der Waals surface area (Å²) in [5.41, 5.74) is 23.1. The minimum Gasteiger partial charge on any atom is -0.376 e. The Hall–Kier alpha value is -8.12. The van der Waals surface area contributed by atoms with Gasteiger partial charge in [0.15, 0.2) is 0 Å². The number of hydrogen-bond donors (Lipinski definition) is 0. The third kappa shape index (κ3) is 7.64. The molecule has 0 saturated heterocycles. The molecule has 11 aromatic rings. The molecule has 0 radical (unpaired) electrons. The molecule has 10 aromatic carbocycles. The molecule has 2 aliphatic rings. The SMILES string of the molecule is Cc1ccccc1N1c2cc(-c3ccccc3)ccc2B2c3c1cc1sc4ccccc4c1c3-c1cc(N(c3ccc(C(C)(C)C)cc3)c3ccc(C(C)(C)C)cc3)ccc1N2c1ccc(-c2ccccc2)cc1. The van der Waals surface area contributed by atoms with Crippen LogP contribution in [0, 0.1) is 6.92 Å². The van der Waals surface area contributed by atoms with E-state index < -0.39 is 0 Å². The van der Waals surface area contributed by atoms with Crippen molar-refractivity contribution in [3.05, 3.63) is 241 Å². The summed E-state index contributed by atoms with van der Waals surface area (Å²) in [6, 6.07) is 84.3. The van der Waals surface area contributed by atoms with Crippen LogP contribution in [0.1, 0.15) is 58.2 Å². The largest absolute Gasteiger partial charge is 0.376 e. The summed E-state index contributed by atoms with van der Waals surface area (Å²) < 4.78 is 2.57. The van der Waals surface area contributed by atoms with Crippen LogP contribution in [0.2, 0.25) is 0 Å². The number of aryl methyl sites for hydroxylation is 1. The fourth-order valence-corrected chi connectivity index (χ4v) is 12.8. The Labute approximate surface area is 440 Å². The minimum absolute atomic E-state index is 0.0256. The van der Waals surface area contributed by atoms with Crippen molar-refractivity contribution in [1.29, 1.82) is 0 Å². The van der Waals surface area contributed by atoms with Crippen LogP contribution in [0.5, 0.6) is 0 Å². The van der Waals surface area contributed by atoms with Crippen molar-refractivity contribution in [2.75, 3.05) is 14.6 Å². The molecular formula is C69H58BN3S. The van der Waals surface area contributed by atoms with Gasteiger partial charge in [-0.15, -0.1) is 11.3 Å². The van der Waals surface area contributed by atoms with E-state index in [0.29, 0.717) is 0 Å². The summed E-state index contributed by atoms with van der Waals surface area (Å²) in [6.45, 7) is 15.8. The second-order valence-electron chi connectivity index (χ2n) is 22.2. The lowest BCUT2D eigenvalue weighted by Gasteiger charge is -2.46. The molecule has 0 atom stereocenters. The highest BCUT2D eigenvalue weighted by atomic mass is 32.1. The molecule has 5 heteroatoms. The lowest BCUT2D eigenvalue weighted by atomic mass is 9.43. The summed E-state index contributed by atoms with van der Waals surface area (Å²) in [6.07, 6.45) is 0. The predicted octanol–water partition coefficient (Wildman–Crippen LogP) is 18.5. The highest BCUT2D eigenvalue weighted by Gasteiger charge is 2.46. The molecule has 1 aromatic heterocycles. The zero-order chi connectivity index (χ0) is 50.5. The number of fused-ring (bicyclic) bond motifs is 8. The Morgan fingerprint density at radius 1 is 0.432 bits per heavy atom. The van der Waals surface area contributed by atoms with Crippen LogP contribution in [-0.2, 0) is 10.8 Å². The molecule has 0 saturated carbocycles. The first-order valence-corrected chi connectivity index (χ1v) is 26.8. The second kappa shape index (κ2) is 17.5. The molecule has 3 heterocycles. The summed E-state index contributed by atoms with van der Waals surface area (Å²) in [4.78, 5) is 7.70. The average Bonchev–Trinajstić information content (AvgIpc) is 3.82. The smallest absolute Gasteiger partial charge is 0.333 e. The van der Waals surface area contributed by atoms with E-state index >= 15 is 0 Å². The molecule has 0 unspecified atom stereocenters. The van der Waals surface area contributed by atoms with Gasteiger partial charge >= 0.3 is 6.85 Å². The van der Waals surface area contributed by atoms with Gasteiger partial charge in [-0.1, -0.05) is 187 Å². The maximum Gasteiger partial charge on any atom is 0.333 e. The molecule has 13 rings (SSSR count). The van der Waals surface area contributed by atoms with Crippen molar-refractivity contribution in [2.24, 2.45) is 0 Å². The molecule has 0 fully saturated rings. The van der Waals surface area contributed by atoms with Gasteiger partial charge in [-0.25, -0.2) is 0 Å². The molecule has 0 amide bonds. The van der Waals surface area contributed by atoms with Gasteiger partial charge < -0.3 is 14.6 Å². The summed E-state index contributed by atoms with van der Waals surface area (Å²) in [7, 11) is 0. The van der Waals surface area contributed by atoms with E-state index in [0.717, 1.165) is 22.7 Å². The molecular weight excluding hydrogens is 914 g/mol. The van der Waals surface area contributed by atoms with Crippen LogP contribution < -0.4 is 25.5 Å². The maximum atomic E-state index is 2.65. The number of anilines is 8. The van der Waals surface area contributed by atoms with Crippen molar-refractivity contribution < 1.29 is 0 Å². The van der Waals surface area contributed by atoms with Gasteiger partial charge in [0, 0.05) is 71.2 Å². The number of para-hydroxylation sites is 1. The van der Waals surface area contributed by atoms with E-state index in [-0.39, 0.29) is 17.7 Å². The van der Waals surface area contributed by atoms with E-state index in [9.17, 15) is 0 Å². The van der Waals surface area contributed by atoms with E-state index in [1.54, 1.807) is 0 Å². The maximum absolute atomic E-state index is 2.65. The minimum atomic E-state index is -0.157. The van der Waals surface area contributed by atoms with E-state index in [1.807, 2.05) is 11.3 Å². The second-order valence-corrected chi connectivity index (χ2v) is 23.3. The Bertz CT molecular complexity index is 3860. The van der Waals surface area contributed by atoms with Crippen LogP contribution in [0.4, 0.5) is 45.5 Å². The van der Waals surface area contributed by atoms with Gasteiger partial charge in [0.25, 0.3) is 0 Å². The van der Waals surface area contributed by atoms with Gasteiger partial charge in [0.1, 0.15) is 0 Å². The Balaban J connectivity index is 1.13. The van der Waals surface area contributed by atoms with Gasteiger partial charge in [-0.05, 0) is 152 Å². The van der Waals surface area contributed by atoms with E-state index in [1.165, 1.54) is 104 Å². The predicted molar refractivity (Wildman–Crippen MR) is 321 cm³/mol. The molecule has 0 aliphatic carbocycles. The van der Waals surface area contributed by atoms with Crippen molar-refractivity contribution in [3.63, 3.8) is 0 Å².